The van der Waals surface area contributed by atoms with Crippen LogP contribution in [0, 0.1) is 14.9 Å². The fourth-order valence-corrected chi connectivity index (χ4v) is 4.03. The van der Waals surface area contributed by atoms with E-state index < -0.39 is 5.91 Å². The SMILES string of the molecule is CCOc1ccc(NC(=O)/C(C#N)=C\c2cc(I)c(OCc3ccc(Cl)cc3)c(OCC)c2)cc1. The zero-order valence-corrected chi connectivity index (χ0v) is 22.2. The van der Waals surface area contributed by atoms with Crippen LogP contribution in [-0.4, -0.2) is 19.1 Å². The van der Waals surface area contributed by atoms with E-state index in [4.69, 9.17) is 25.8 Å². The van der Waals surface area contributed by atoms with Crippen molar-refractivity contribution in [3.8, 4) is 23.3 Å². The highest BCUT2D eigenvalue weighted by molar-refractivity contribution is 14.1. The number of anilines is 1. The number of hydrogen-bond donors (Lipinski definition) is 1. The van der Waals surface area contributed by atoms with Crippen LogP contribution < -0.4 is 19.5 Å². The maximum Gasteiger partial charge on any atom is 0.266 e. The Labute approximate surface area is 223 Å². The average Bonchev–Trinajstić information content (AvgIpc) is 2.84. The standard InChI is InChI=1S/C27H24ClIN2O4/c1-3-33-23-11-9-22(10-12-23)31-27(32)20(16-30)13-19-14-24(29)26(25(15-19)34-4-2)35-17-18-5-7-21(28)8-6-18/h5-15H,3-4,17H2,1-2H3,(H,31,32)/b20-13-. The van der Waals surface area contributed by atoms with Gasteiger partial charge in [0.25, 0.3) is 5.91 Å². The van der Waals surface area contributed by atoms with Gasteiger partial charge in [0.15, 0.2) is 11.5 Å². The summed E-state index contributed by atoms with van der Waals surface area (Å²) in [5, 5.41) is 13.0. The van der Waals surface area contributed by atoms with Gasteiger partial charge in [-0.3, -0.25) is 4.79 Å². The first kappa shape index (κ1) is 26.4. The summed E-state index contributed by atoms with van der Waals surface area (Å²) in [5.41, 5.74) is 2.14. The summed E-state index contributed by atoms with van der Waals surface area (Å²) in [7, 11) is 0. The third-order valence-corrected chi connectivity index (χ3v) is 5.78. The van der Waals surface area contributed by atoms with Crippen LogP contribution in [0.15, 0.2) is 66.2 Å². The van der Waals surface area contributed by atoms with Crippen molar-refractivity contribution in [3.05, 3.63) is 86.0 Å². The van der Waals surface area contributed by atoms with Crippen molar-refractivity contribution in [2.45, 2.75) is 20.5 Å². The van der Waals surface area contributed by atoms with E-state index in [9.17, 15) is 10.1 Å². The number of carbonyl (C=O) groups excluding carboxylic acids is 1. The minimum atomic E-state index is -0.507. The lowest BCUT2D eigenvalue weighted by atomic mass is 10.1. The lowest BCUT2D eigenvalue weighted by Gasteiger charge is -2.15. The molecule has 0 aliphatic carbocycles. The molecule has 0 atom stereocenters. The number of hydrogen-bond acceptors (Lipinski definition) is 5. The summed E-state index contributed by atoms with van der Waals surface area (Å²) in [5.74, 6) is 1.33. The molecule has 0 aliphatic rings. The number of nitriles is 1. The lowest BCUT2D eigenvalue weighted by Crippen LogP contribution is -2.13. The van der Waals surface area contributed by atoms with Crippen molar-refractivity contribution < 1.29 is 19.0 Å². The van der Waals surface area contributed by atoms with Gasteiger partial charge in [-0.15, -0.1) is 0 Å². The van der Waals surface area contributed by atoms with Crippen molar-refractivity contribution in [1.29, 1.82) is 5.26 Å². The molecule has 0 fully saturated rings. The van der Waals surface area contributed by atoms with Crippen LogP contribution in [0.25, 0.3) is 6.08 Å². The smallest absolute Gasteiger partial charge is 0.266 e. The summed E-state index contributed by atoms with van der Waals surface area (Å²) in [6, 6.07) is 19.9. The van der Waals surface area contributed by atoms with Gasteiger partial charge in [-0.2, -0.15) is 5.26 Å². The molecule has 3 rings (SSSR count). The number of carbonyl (C=O) groups is 1. The molecule has 0 unspecified atom stereocenters. The van der Waals surface area contributed by atoms with E-state index in [1.54, 1.807) is 30.3 Å². The summed E-state index contributed by atoms with van der Waals surface area (Å²) < 4.78 is 18.0. The Hall–Kier alpha value is -3.22. The maximum absolute atomic E-state index is 12.7. The number of ether oxygens (including phenoxy) is 3. The van der Waals surface area contributed by atoms with Gasteiger partial charge in [0.1, 0.15) is 24.0 Å². The number of benzene rings is 3. The molecule has 1 amide bonds. The molecule has 0 radical (unpaired) electrons. The minimum Gasteiger partial charge on any atom is -0.494 e. The minimum absolute atomic E-state index is 0.0352. The number of rotatable bonds is 10. The average molecular weight is 603 g/mol. The second-order valence-corrected chi connectivity index (χ2v) is 8.86. The van der Waals surface area contributed by atoms with Gasteiger partial charge < -0.3 is 19.5 Å². The second-order valence-electron chi connectivity index (χ2n) is 7.26. The van der Waals surface area contributed by atoms with E-state index >= 15 is 0 Å². The van der Waals surface area contributed by atoms with E-state index in [1.165, 1.54) is 6.08 Å². The van der Waals surface area contributed by atoms with Crippen LogP contribution in [0.5, 0.6) is 17.2 Å². The molecular formula is C27H24ClIN2O4. The van der Waals surface area contributed by atoms with Crippen molar-refractivity contribution in [3.63, 3.8) is 0 Å². The molecule has 0 aliphatic heterocycles. The Bertz CT molecular complexity index is 1240. The van der Waals surface area contributed by atoms with Crippen molar-refractivity contribution in [2.24, 2.45) is 0 Å². The number of halogens is 2. The Morgan fingerprint density at radius 3 is 2.34 bits per heavy atom. The van der Waals surface area contributed by atoms with E-state index in [1.807, 2.05) is 50.2 Å². The molecule has 3 aromatic rings. The number of amides is 1. The topological polar surface area (TPSA) is 80.6 Å². The first-order chi connectivity index (χ1) is 16.9. The van der Waals surface area contributed by atoms with Gasteiger partial charge in [0, 0.05) is 10.7 Å². The molecular weight excluding hydrogens is 579 g/mol. The summed E-state index contributed by atoms with van der Waals surface area (Å²) >= 11 is 8.11. The molecule has 180 valence electrons. The molecule has 0 saturated heterocycles. The number of nitrogens with one attached hydrogen (secondary N) is 1. The maximum atomic E-state index is 12.7. The van der Waals surface area contributed by atoms with E-state index in [0.29, 0.717) is 53.3 Å². The highest BCUT2D eigenvalue weighted by Crippen LogP contribution is 2.35. The lowest BCUT2D eigenvalue weighted by molar-refractivity contribution is -0.112. The van der Waals surface area contributed by atoms with E-state index in [0.717, 1.165) is 9.13 Å². The molecule has 0 saturated carbocycles. The molecule has 3 aromatic carbocycles. The van der Waals surface area contributed by atoms with E-state index in [2.05, 4.69) is 27.9 Å². The van der Waals surface area contributed by atoms with Crippen molar-refractivity contribution in [2.75, 3.05) is 18.5 Å². The van der Waals surface area contributed by atoms with Gasteiger partial charge >= 0.3 is 0 Å². The predicted octanol–water partition coefficient (Wildman–Crippen LogP) is 6.87. The molecule has 6 nitrogen and oxygen atoms in total. The fraction of sp³-hybridized carbons (Fsp3) is 0.185. The monoisotopic (exact) mass is 602 g/mol. The first-order valence-electron chi connectivity index (χ1n) is 10.9. The van der Waals surface area contributed by atoms with Crippen molar-refractivity contribution in [1.82, 2.24) is 0 Å². The Balaban J connectivity index is 1.79. The second kappa shape index (κ2) is 13.0. The van der Waals surface area contributed by atoms with Crippen molar-refractivity contribution >= 4 is 51.9 Å². The zero-order chi connectivity index (χ0) is 25.2. The normalized spacial score (nSPS) is 10.9. The fourth-order valence-electron chi connectivity index (χ4n) is 3.13. The van der Waals surface area contributed by atoms with Gasteiger partial charge in [0.2, 0.25) is 0 Å². The zero-order valence-electron chi connectivity index (χ0n) is 19.3. The van der Waals surface area contributed by atoms with Gasteiger partial charge in [-0.25, -0.2) is 0 Å². The van der Waals surface area contributed by atoms with E-state index in [-0.39, 0.29) is 5.57 Å². The largest absolute Gasteiger partial charge is 0.494 e. The van der Waals surface area contributed by atoms with Crippen LogP contribution >= 0.6 is 34.2 Å². The predicted molar refractivity (Wildman–Crippen MR) is 146 cm³/mol. The van der Waals surface area contributed by atoms with Crippen LogP contribution in [0.2, 0.25) is 5.02 Å². The molecule has 8 heteroatoms. The summed E-state index contributed by atoms with van der Waals surface area (Å²) in [6.07, 6.45) is 1.53. The van der Waals surface area contributed by atoms with Gasteiger partial charge in [-0.05, 0) is 102 Å². The van der Waals surface area contributed by atoms with Gasteiger partial charge in [-0.1, -0.05) is 23.7 Å². The third-order valence-electron chi connectivity index (χ3n) is 4.73. The molecule has 0 heterocycles. The molecule has 1 N–H and O–H groups in total. The summed E-state index contributed by atoms with van der Waals surface area (Å²) in [4.78, 5) is 12.7. The Morgan fingerprint density at radius 2 is 1.71 bits per heavy atom. The quantitative estimate of drug-likeness (QED) is 0.156. The molecule has 0 aromatic heterocycles. The summed E-state index contributed by atoms with van der Waals surface area (Å²) in [6.45, 7) is 5.11. The molecule has 0 bridgehead atoms. The highest BCUT2D eigenvalue weighted by atomic mass is 127. The number of nitrogens with zero attached hydrogens (tertiary/aromatic N) is 1. The third kappa shape index (κ3) is 7.64. The molecule has 0 spiro atoms. The highest BCUT2D eigenvalue weighted by Gasteiger charge is 2.15. The van der Waals surface area contributed by atoms with Gasteiger partial charge in [0.05, 0.1) is 16.8 Å². The Morgan fingerprint density at radius 1 is 1.03 bits per heavy atom. The molecule has 35 heavy (non-hydrogen) atoms. The van der Waals surface area contributed by atoms with Crippen LogP contribution in [0.1, 0.15) is 25.0 Å². The first-order valence-corrected chi connectivity index (χ1v) is 12.4. The van der Waals surface area contributed by atoms with Crippen LogP contribution in [0.4, 0.5) is 5.69 Å². The van der Waals surface area contributed by atoms with Crippen LogP contribution in [-0.2, 0) is 11.4 Å². The van der Waals surface area contributed by atoms with Crippen LogP contribution in [0.3, 0.4) is 0 Å². The Kier molecular flexibility index (Phi) is 9.82.